The Balaban J connectivity index is 1.59. The summed E-state index contributed by atoms with van der Waals surface area (Å²) in [4.78, 5) is 31.2. The zero-order valence-corrected chi connectivity index (χ0v) is 16.8. The van der Waals surface area contributed by atoms with E-state index >= 15 is 0 Å². The average Bonchev–Trinajstić information content (AvgIpc) is 3.18. The third kappa shape index (κ3) is 3.86. The monoisotopic (exact) mass is 397 g/mol. The number of hydrogen-bond donors (Lipinski definition) is 1. The summed E-state index contributed by atoms with van der Waals surface area (Å²) in [5, 5.41) is 9.66. The molecule has 0 radical (unpaired) electrons. The number of carboxylic acids is 1. The van der Waals surface area contributed by atoms with E-state index in [9.17, 15) is 14.7 Å². The Morgan fingerprint density at radius 3 is 2.41 bits per heavy atom. The molecule has 2 aliphatic rings. The fraction of sp³-hybridized carbons (Fsp3) is 0.500. The molecule has 0 amide bonds. The standard InChI is InChI=1S/C22H27N3O4/c1-24-19(26)18(29-15-16-7-3-2-4-8-16)17(20(27)28)23-21(24)25-13-11-22(12-14-25)9-5-6-10-22/h2-4,7-8H,5-6,9-15H2,1H3,(H,27,28). The predicted octanol–water partition coefficient (Wildman–Crippen LogP) is 3.22. The molecule has 1 aliphatic heterocycles. The molecule has 1 N–H and O–H groups in total. The molecule has 2 heterocycles. The van der Waals surface area contributed by atoms with Crippen LogP contribution in [0.4, 0.5) is 5.95 Å². The van der Waals surface area contributed by atoms with Crippen LogP contribution in [-0.2, 0) is 13.7 Å². The van der Waals surface area contributed by atoms with E-state index in [1.54, 1.807) is 7.05 Å². The van der Waals surface area contributed by atoms with Crippen molar-refractivity contribution in [3.63, 3.8) is 0 Å². The molecule has 1 aromatic carbocycles. The van der Waals surface area contributed by atoms with Gasteiger partial charge in [-0.3, -0.25) is 9.36 Å². The van der Waals surface area contributed by atoms with Crippen LogP contribution in [-0.4, -0.2) is 33.7 Å². The Bertz CT molecular complexity index is 939. The number of anilines is 1. The zero-order valence-electron chi connectivity index (χ0n) is 16.8. The van der Waals surface area contributed by atoms with Crippen LogP contribution in [0.3, 0.4) is 0 Å². The van der Waals surface area contributed by atoms with Crippen molar-refractivity contribution in [1.82, 2.24) is 9.55 Å². The Kier molecular flexibility index (Phi) is 5.30. The second-order valence-corrected chi connectivity index (χ2v) is 8.23. The highest BCUT2D eigenvalue weighted by Crippen LogP contribution is 2.46. The molecule has 0 atom stereocenters. The summed E-state index contributed by atoms with van der Waals surface area (Å²) >= 11 is 0. The fourth-order valence-electron chi connectivity index (χ4n) is 4.66. The summed E-state index contributed by atoms with van der Waals surface area (Å²) in [6.45, 7) is 1.71. The molecule has 2 aromatic rings. The summed E-state index contributed by atoms with van der Waals surface area (Å²) in [6, 6.07) is 9.34. The van der Waals surface area contributed by atoms with Gasteiger partial charge in [-0.2, -0.15) is 0 Å². The smallest absolute Gasteiger partial charge is 0.358 e. The molecule has 1 spiro atoms. The molecule has 0 unspecified atom stereocenters. The lowest BCUT2D eigenvalue weighted by Crippen LogP contribution is -2.42. The van der Waals surface area contributed by atoms with E-state index in [1.807, 2.05) is 35.2 Å². The number of aromatic carboxylic acids is 1. The molecular formula is C22H27N3O4. The van der Waals surface area contributed by atoms with Gasteiger partial charge in [-0.05, 0) is 36.7 Å². The van der Waals surface area contributed by atoms with E-state index in [1.165, 1.54) is 30.3 Å². The Hall–Kier alpha value is -2.83. The van der Waals surface area contributed by atoms with Crippen LogP contribution in [0.2, 0.25) is 0 Å². The van der Waals surface area contributed by atoms with Crippen molar-refractivity contribution in [3.05, 3.63) is 51.9 Å². The Labute approximate surface area is 169 Å². The van der Waals surface area contributed by atoms with Crippen LogP contribution in [0.25, 0.3) is 0 Å². The van der Waals surface area contributed by atoms with Gasteiger partial charge in [0.1, 0.15) is 6.61 Å². The third-order valence-electron chi connectivity index (χ3n) is 6.43. The molecule has 154 valence electrons. The van der Waals surface area contributed by atoms with Gasteiger partial charge in [-0.15, -0.1) is 0 Å². The maximum absolute atomic E-state index is 12.9. The lowest BCUT2D eigenvalue weighted by atomic mass is 9.77. The van der Waals surface area contributed by atoms with Crippen LogP contribution in [0.5, 0.6) is 5.75 Å². The predicted molar refractivity (Wildman–Crippen MR) is 110 cm³/mol. The summed E-state index contributed by atoms with van der Waals surface area (Å²) in [5.41, 5.74) is 0.501. The van der Waals surface area contributed by atoms with Gasteiger partial charge in [0.2, 0.25) is 11.7 Å². The highest BCUT2D eigenvalue weighted by Gasteiger charge is 2.38. The minimum Gasteiger partial charge on any atom is -0.481 e. The lowest BCUT2D eigenvalue weighted by molar-refractivity contribution is 0.0683. The van der Waals surface area contributed by atoms with E-state index in [2.05, 4.69) is 4.98 Å². The van der Waals surface area contributed by atoms with Crippen LogP contribution in [0, 0.1) is 5.41 Å². The first-order valence-corrected chi connectivity index (χ1v) is 10.3. The maximum Gasteiger partial charge on any atom is 0.358 e. The van der Waals surface area contributed by atoms with Crippen LogP contribution >= 0.6 is 0 Å². The number of nitrogens with zero attached hydrogens (tertiary/aromatic N) is 3. The van der Waals surface area contributed by atoms with Gasteiger partial charge >= 0.3 is 5.97 Å². The Morgan fingerprint density at radius 2 is 1.79 bits per heavy atom. The molecule has 29 heavy (non-hydrogen) atoms. The van der Waals surface area contributed by atoms with E-state index in [0.29, 0.717) is 11.4 Å². The molecule has 1 aliphatic carbocycles. The Morgan fingerprint density at radius 1 is 1.14 bits per heavy atom. The molecule has 1 saturated carbocycles. The van der Waals surface area contributed by atoms with Crippen molar-refractivity contribution < 1.29 is 14.6 Å². The van der Waals surface area contributed by atoms with Crippen molar-refractivity contribution in [3.8, 4) is 5.75 Å². The summed E-state index contributed by atoms with van der Waals surface area (Å²) in [7, 11) is 1.63. The first-order chi connectivity index (χ1) is 14.0. The topological polar surface area (TPSA) is 84.7 Å². The van der Waals surface area contributed by atoms with Gasteiger partial charge in [0, 0.05) is 20.1 Å². The van der Waals surface area contributed by atoms with Crippen molar-refractivity contribution in [2.45, 2.75) is 45.1 Å². The normalized spacial score (nSPS) is 18.2. The van der Waals surface area contributed by atoms with Gasteiger partial charge in [0.15, 0.2) is 5.69 Å². The maximum atomic E-state index is 12.9. The summed E-state index contributed by atoms with van der Waals surface area (Å²) < 4.78 is 7.04. The van der Waals surface area contributed by atoms with Gasteiger partial charge in [-0.25, -0.2) is 9.78 Å². The zero-order chi connectivity index (χ0) is 20.4. The largest absolute Gasteiger partial charge is 0.481 e. The number of carboxylic acid groups (broad SMARTS) is 1. The van der Waals surface area contributed by atoms with E-state index in [-0.39, 0.29) is 18.1 Å². The van der Waals surface area contributed by atoms with Crippen molar-refractivity contribution in [2.75, 3.05) is 18.0 Å². The molecule has 4 rings (SSSR count). The first-order valence-electron chi connectivity index (χ1n) is 10.3. The molecule has 1 aromatic heterocycles. The fourth-order valence-corrected chi connectivity index (χ4v) is 4.66. The first kappa shape index (κ1) is 19.5. The molecular weight excluding hydrogens is 370 g/mol. The van der Waals surface area contributed by atoms with E-state index < -0.39 is 11.5 Å². The van der Waals surface area contributed by atoms with Crippen molar-refractivity contribution in [1.29, 1.82) is 0 Å². The molecule has 7 nitrogen and oxygen atoms in total. The van der Waals surface area contributed by atoms with Gasteiger partial charge < -0.3 is 14.7 Å². The summed E-state index contributed by atoms with van der Waals surface area (Å²) in [6.07, 6.45) is 7.29. The average molecular weight is 397 g/mol. The molecule has 0 bridgehead atoms. The van der Waals surface area contributed by atoms with Crippen LogP contribution in [0.1, 0.15) is 54.6 Å². The quantitative estimate of drug-likeness (QED) is 0.834. The van der Waals surface area contributed by atoms with E-state index in [0.717, 1.165) is 31.5 Å². The van der Waals surface area contributed by atoms with Gasteiger partial charge in [-0.1, -0.05) is 43.2 Å². The van der Waals surface area contributed by atoms with Gasteiger partial charge in [0.05, 0.1) is 0 Å². The van der Waals surface area contributed by atoms with Crippen molar-refractivity contribution >= 4 is 11.9 Å². The lowest BCUT2D eigenvalue weighted by Gasteiger charge is -2.40. The minimum absolute atomic E-state index is 0.115. The summed E-state index contributed by atoms with van der Waals surface area (Å²) in [5.74, 6) is -1.06. The number of rotatable bonds is 5. The van der Waals surface area contributed by atoms with Crippen LogP contribution < -0.4 is 15.2 Å². The molecule has 1 saturated heterocycles. The number of carbonyl (C=O) groups is 1. The second kappa shape index (κ2) is 7.89. The van der Waals surface area contributed by atoms with Crippen molar-refractivity contribution in [2.24, 2.45) is 12.5 Å². The number of aromatic nitrogens is 2. The third-order valence-corrected chi connectivity index (χ3v) is 6.43. The highest BCUT2D eigenvalue weighted by atomic mass is 16.5. The molecule has 2 fully saturated rings. The highest BCUT2D eigenvalue weighted by molar-refractivity contribution is 5.88. The van der Waals surface area contributed by atoms with Crippen LogP contribution in [0.15, 0.2) is 35.1 Å². The van der Waals surface area contributed by atoms with E-state index in [4.69, 9.17) is 4.74 Å². The van der Waals surface area contributed by atoms with Gasteiger partial charge in [0.25, 0.3) is 5.56 Å². The number of hydrogen-bond acceptors (Lipinski definition) is 5. The number of ether oxygens (including phenoxy) is 1. The second-order valence-electron chi connectivity index (χ2n) is 8.23. The minimum atomic E-state index is -1.25. The molecule has 7 heteroatoms. The number of benzene rings is 1. The number of piperidine rings is 1. The SMILES string of the molecule is Cn1c(N2CCC3(CCCC3)CC2)nc(C(=O)O)c(OCc2ccccc2)c1=O.